The third-order valence-corrected chi connectivity index (χ3v) is 10.6. The Morgan fingerprint density at radius 3 is 1.81 bits per heavy atom. The van der Waals surface area contributed by atoms with E-state index in [2.05, 4.69) is 4.98 Å². The van der Waals surface area contributed by atoms with E-state index in [1.54, 1.807) is 17.6 Å². The fourth-order valence-electron chi connectivity index (χ4n) is 7.61. The van der Waals surface area contributed by atoms with Crippen molar-refractivity contribution < 1.29 is 42.7 Å². The number of ether oxygens (including phenoxy) is 1. The van der Waals surface area contributed by atoms with E-state index in [-0.39, 0.29) is 77.2 Å². The average Bonchev–Trinajstić information content (AvgIpc) is 3.75. The molecule has 0 spiro atoms. The van der Waals surface area contributed by atoms with Crippen LogP contribution in [0.3, 0.4) is 0 Å². The van der Waals surface area contributed by atoms with Crippen molar-refractivity contribution in [3.8, 4) is 22.8 Å². The largest absolute Gasteiger partial charge is 0.547 e. The number of nitrogens with zero attached hydrogens (tertiary/aromatic N) is 4. The van der Waals surface area contributed by atoms with Gasteiger partial charge in [0.05, 0.1) is 65.0 Å². The van der Waals surface area contributed by atoms with Gasteiger partial charge in [-0.15, -0.1) is 0 Å². The van der Waals surface area contributed by atoms with Gasteiger partial charge in [0.1, 0.15) is 12.2 Å². The fraction of sp³-hybridized carbons (Fsp3) is 0.302. The Balaban J connectivity index is 0.000000536. The first kappa shape index (κ1) is 47.4. The number of rotatable bonds is 5. The Kier molecular flexibility index (Phi) is 14.4. The Morgan fingerprint density at radius 1 is 0.847 bits per heavy atom. The molecular weight excluding hydrogens is 754 g/mol. The number of hydrogen-bond acceptors (Lipinski definition) is 12. The third kappa shape index (κ3) is 7.37. The van der Waals surface area contributed by atoms with Crippen molar-refractivity contribution >= 4 is 50.6 Å². The van der Waals surface area contributed by atoms with Crippen LogP contribution in [-0.4, -0.2) is 75.4 Å². The molecule has 16 heteroatoms. The lowest BCUT2D eigenvalue weighted by atomic mass is 9.86. The van der Waals surface area contributed by atoms with Gasteiger partial charge in [0.25, 0.3) is 11.1 Å². The van der Waals surface area contributed by atoms with Gasteiger partial charge in [-0.05, 0) is 49.2 Å². The fourth-order valence-corrected chi connectivity index (χ4v) is 7.61. The number of esters is 1. The first-order chi connectivity index (χ1) is 26.4. The number of carbonyl (C=O) groups is 2. The van der Waals surface area contributed by atoms with Crippen molar-refractivity contribution in [2.75, 3.05) is 7.11 Å². The van der Waals surface area contributed by atoms with Crippen molar-refractivity contribution in [1.82, 2.24) is 19.1 Å². The molecule has 308 valence electrons. The van der Waals surface area contributed by atoms with Crippen LogP contribution < -0.4 is 16.2 Å². The Labute approximate surface area is 347 Å². The minimum absolute atomic E-state index is 0. The molecule has 9 rings (SSSR count). The van der Waals surface area contributed by atoms with E-state index in [0.717, 1.165) is 45.7 Å². The van der Waals surface area contributed by atoms with E-state index in [1.165, 1.54) is 17.6 Å². The predicted molar refractivity (Wildman–Crippen MR) is 228 cm³/mol. The molecule has 2 aromatic carbocycles. The van der Waals surface area contributed by atoms with Crippen LogP contribution >= 0.6 is 0 Å². The number of aliphatic hydroxyl groups is 4. The molecule has 0 unspecified atom stereocenters. The normalized spacial score (nSPS) is 15.8. The molecule has 14 nitrogen and oxygen atoms in total. The number of carboxylic acids is 1. The Bertz CT molecular complexity index is 2710. The maximum absolute atomic E-state index is 13.0. The standard InChI is InChI=1S/C20H18N2O5.C20H16N2O4.CH4O.2CH4.2B.2H2/c1-2-20(27,19(25)26)14-8-16-17-12(9-22(16)18(24)13(14)10-23)7-11-5-3-4-6-15(11)21-17;1-2-20(25)14-8-16-17-12(7-11-5-3-4-6-15(11)21-17)9-22(16)18(23)13(14)10-26-19(20)24;1-2;;;;;;/h3-8,23,27H,2,9-10H2,1H3,(H,25,26);3-8,25H,2,9-10H2,1H3;2H,1H3;2*1H4;;;2*1H/p-1/t2*20-;;;;;;;/m00......./s1/i;;;;;;;2*1+1. The monoisotopic (exact) mass is 805 g/mol. The first-order valence-electron chi connectivity index (χ1n) is 17.6. The third-order valence-electron chi connectivity index (χ3n) is 10.6. The second kappa shape index (κ2) is 17.9. The van der Waals surface area contributed by atoms with Crippen molar-refractivity contribution in [2.24, 2.45) is 0 Å². The molecule has 4 N–H and O–H groups in total. The van der Waals surface area contributed by atoms with Gasteiger partial charge >= 0.3 is 5.97 Å². The molecule has 2 atom stereocenters. The molecule has 0 bridgehead atoms. The molecule has 6 radical (unpaired) electrons. The number of hydrogen-bond donors (Lipinski definition) is 4. The lowest BCUT2D eigenvalue weighted by Crippen LogP contribution is -2.47. The van der Waals surface area contributed by atoms with E-state index in [1.807, 2.05) is 60.7 Å². The summed E-state index contributed by atoms with van der Waals surface area (Å²) in [6, 6.07) is 22.4. The number of fused-ring (bicyclic) bond motifs is 9. The molecule has 6 aromatic rings. The SMILES string of the molecule is C.C.CC[C@@](O)(C(=O)[O-])c1cc2n(c(=O)c1CO)Cc1cc3ccccc3nc1-2.CC[C@@]1(O)C(=O)OCc2c1cc1n(c2=O)Cc2cc3ccccc3nc2-1.CO.[2HH].[2HH].[B].[B]. The molecule has 7 heterocycles. The number of cyclic esters (lactones) is 1. The van der Waals surface area contributed by atoms with Crippen LogP contribution in [0.4, 0.5) is 0 Å². The maximum atomic E-state index is 13.0. The van der Waals surface area contributed by atoms with Gasteiger partial charge in [-0.1, -0.05) is 65.1 Å². The van der Waals surface area contributed by atoms with E-state index in [4.69, 9.17) is 14.8 Å². The molecular formula is C43H49B2N4O10-. The summed E-state index contributed by atoms with van der Waals surface area (Å²) in [5.74, 6) is -2.42. The van der Waals surface area contributed by atoms with E-state index >= 15 is 0 Å². The predicted octanol–water partition coefficient (Wildman–Crippen LogP) is 2.96. The topological polar surface area (TPSA) is 217 Å². The summed E-state index contributed by atoms with van der Waals surface area (Å²) in [4.78, 5) is 59.0. The summed E-state index contributed by atoms with van der Waals surface area (Å²) in [6.45, 7) is 3.07. The minimum Gasteiger partial charge on any atom is -0.547 e. The lowest BCUT2D eigenvalue weighted by molar-refractivity contribution is -0.326. The van der Waals surface area contributed by atoms with Gasteiger partial charge < -0.3 is 44.2 Å². The van der Waals surface area contributed by atoms with E-state index < -0.39 is 35.3 Å². The number of carboxylic acid groups (broad SMARTS) is 1. The zero-order chi connectivity index (χ0) is 39.4. The highest BCUT2D eigenvalue weighted by Gasteiger charge is 2.45. The van der Waals surface area contributed by atoms with Crippen LogP contribution in [0, 0.1) is 0 Å². The Morgan fingerprint density at radius 2 is 1.34 bits per heavy atom. The van der Waals surface area contributed by atoms with Crippen LogP contribution in [0.1, 0.15) is 77.8 Å². The molecule has 0 aliphatic carbocycles. The zero-order valence-corrected chi connectivity index (χ0v) is 31.4. The van der Waals surface area contributed by atoms with Crippen LogP contribution in [-0.2, 0) is 51.8 Å². The number of aromatic nitrogens is 4. The number of benzene rings is 2. The van der Waals surface area contributed by atoms with Crippen LogP contribution in [0.5, 0.6) is 0 Å². The quantitative estimate of drug-likeness (QED) is 0.146. The number of aliphatic carboxylic acids is 1. The molecule has 0 saturated heterocycles. The summed E-state index contributed by atoms with van der Waals surface area (Å²) >= 11 is 0. The van der Waals surface area contributed by atoms with Crippen LogP contribution in [0.15, 0.2) is 82.4 Å². The summed E-state index contributed by atoms with van der Waals surface area (Å²) in [5, 5.41) is 51.7. The minimum atomic E-state index is -2.37. The highest BCUT2D eigenvalue weighted by Crippen LogP contribution is 2.39. The summed E-state index contributed by atoms with van der Waals surface area (Å²) in [7, 11) is 1.00. The molecule has 0 saturated carbocycles. The highest BCUT2D eigenvalue weighted by atomic mass is 16.6. The summed E-state index contributed by atoms with van der Waals surface area (Å²) in [6.07, 6.45) is -0.0665. The van der Waals surface area contributed by atoms with Gasteiger partial charge in [0.15, 0.2) is 5.60 Å². The maximum Gasteiger partial charge on any atom is 0.343 e. The van der Waals surface area contributed by atoms with Gasteiger partial charge in [-0.25, -0.2) is 14.8 Å². The van der Waals surface area contributed by atoms with Gasteiger partial charge in [-0.3, -0.25) is 9.59 Å². The number of para-hydroxylation sites is 2. The van der Waals surface area contributed by atoms with Crippen molar-refractivity contribution in [2.45, 2.75) is 79.0 Å². The lowest BCUT2D eigenvalue weighted by Gasteiger charge is -2.31. The molecule has 0 amide bonds. The summed E-state index contributed by atoms with van der Waals surface area (Å²) < 4.78 is 8.16. The first-order valence-corrected chi connectivity index (χ1v) is 17.6. The second-order valence-corrected chi connectivity index (χ2v) is 13.5. The number of carbonyl (C=O) groups excluding carboxylic acids is 2. The number of aliphatic hydroxyl groups excluding tert-OH is 2. The zero-order valence-electron chi connectivity index (χ0n) is 31.4. The van der Waals surface area contributed by atoms with Crippen LogP contribution in [0.25, 0.3) is 44.6 Å². The van der Waals surface area contributed by atoms with Gasteiger partial charge in [0.2, 0.25) is 0 Å². The summed E-state index contributed by atoms with van der Waals surface area (Å²) in [5.41, 5.74) is 1.16. The average molecular weight is 806 g/mol. The number of pyridine rings is 4. The van der Waals surface area contributed by atoms with Gasteiger partial charge in [-0.2, -0.15) is 0 Å². The van der Waals surface area contributed by atoms with E-state index in [9.17, 15) is 39.6 Å². The van der Waals surface area contributed by atoms with Crippen molar-refractivity contribution in [1.29, 1.82) is 0 Å². The Hall–Kier alpha value is -5.93. The molecule has 4 aromatic heterocycles. The highest BCUT2D eigenvalue weighted by molar-refractivity contribution is 5.87. The second-order valence-electron chi connectivity index (χ2n) is 13.5. The molecule has 0 fully saturated rings. The molecule has 3 aliphatic heterocycles. The van der Waals surface area contributed by atoms with E-state index in [0.29, 0.717) is 34.8 Å². The molecule has 59 heavy (non-hydrogen) atoms. The smallest absolute Gasteiger partial charge is 0.343 e. The van der Waals surface area contributed by atoms with Crippen LogP contribution in [0.2, 0.25) is 0 Å². The van der Waals surface area contributed by atoms with Gasteiger partial charge in [0, 0.05) is 65.4 Å². The van der Waals surface area contributed by atoms with Crippen molar-refractivity contribution in [3.05, 3.63) is 127 Å². The van der Waals surface area contributed by atoms with Crippen molar-refractivity contribution in [3.63, 3.8) is 0 Å². The molecule has 3 aliphatic rings.